The molecule has 0 aromatic carbocycles. The molecule has 1 aromatic heterocycles. The largest absolute Gasteiger partial charge is 0.378 e. The van der Waals surface area contributed by atoms with E-state index in [9.17, 15) is 8.42 Å². The van der Waals surface area contributed by atoms with Gasteiger partial charge in [0.1, 0.15) is 4.90 Å². The molecule has 0 amide bonds. The second-order valence-corrected chi connectivity index (χ2v) is 8.66. The summed E-state index contributed by atoms with van der Waals surface area (Å²) in [7, 11) is -3.43. The van der Waals surface area contributed by atoms with Crippen LogP contribution in [0.3, 0.4) is 0 Å². The van der Waals surface area contributed by atoms with Crippen molar-refractivity contribution in [2.24, 2.45) is 0 Å². The fraction of sp³-hybridized carbons (Fsp3) is 0.714. The summed E-state index contributed by atoms with van der Waals surface area (Å²) in [6.45, 7) is 5.82. The van der Waals surface area contributed by atoms with Gasteiger partial charge < -0.3 is 10.1 Å². The lowest BCUT2D eigenvalue weighted by atomic mass is 10.3. The van der Waals surface area contributed by atoms with Gasteiger partial charge >= 0.3 is 0 Å². The summed E-state index contributed by atoms with van der Waals surface area (Å²) >= 11 is 1.54. The van der Waals surface area contributed by atoms with Crippen molar-refractivity contribution in [3.8, 4) is 0 Å². The molecule has 1 unspecified atom stereocenters. The predicted molar refractivity (Wildman–Crippen MR) is 83.1 cm³/mol. The number of nitrogens with one attached hydrogen (secondary N) is 1. The molecule has 1 N–H and O–H groups in total. The van der Waals surface area contributed by atoms with E-state index in [1.807, 2.05) is 19.2 Å². The third kappa shape index (κ3) is 3.17. The predicted octanol–water partition coefficient (Wildman–Crippen LogP) is 1.72. The van der Waals surface area contributed by atoms with E-state index in [-0.39, 0.29) is 6.04 Å². The number of hydrogen-bond donors (Lipinski definition) is 1. The number of aryl methyl sites for hydroxylation is 1. The maximum absolute atomic E-state index is 13.0. The van der Waals surface area contributed by atoms with Gasteiger partial charge in [0.2, 0.25) is 10.0 Å². The molecule has 5 nitrogen and oxygen atoms in total. The van der Waals surface area contributed by atoms with Gasteiger partial charge in [0.05, 0.1) is 13.2 Å². The van der Waals surface area contributed by atoms with E-state index in [2.05, 4.69) is 5.32 Å². The molecule has 118 valence electrons. The highest BCUT2D eigenvalue weighted by Gasteiger charge is 2.35. The van der Waals surface area contributed by atoms with Crippen LogP contribution >= 0.6 is 11.3 Å². The van der Waals surface area contributed by atoms with Crippen molar-refractivity contribution in [3.63, 3.8) is 0 Å². The molecule has 1 saturated carbocycles. The molecule has 0 radical (unpaired) electrons. The van der Waals surface area contributed by atoms with Crippen molar-refractivity contribution < 1.29 is 13.2 Å². The zero-order chi connectivity index (χ0) is 15.0. The normalized spacial score (nSPS) is 24.4. The minimum Gasteiger partial charge on any atom is -0.378 e. The van der Waals surface area contributed by atoms with E-state index in [1.165, 1.54) is 24.2 Å². The Bertz CT molecular complexity index is 608. The van der Waals surface area contributed by atoms with Crippen LogP contribution in [-0.2, 0) is 21.3 Å². The van der Waals surface area contributed by atoms with E-state index in [1.54, 1.807) is 4.31 Å². The van der Waals surface area contributed by atoms with Gasteiger partial charge in [-0.05, 0) is 37.6 Å². The number of rotatable bonds is 5. The summed E-state index contributed by atoms with van der Waals surface area (Å²) in [6.07, 6.45) is 2.40. The second kappa shape index (κ2) is 5.96. The lowest BCUT2D eigenvalue weighted by molar-refractivity contribution is 0.0392. The molecule has 2 heterocycles. The molecular weight excluding hydrogens is 308 g/mol. The Morgan fingerprint density at radius 2 is 2.24 bits per heavy atom. The van der Waals surface area contributed by atoms with Gasteiger partial charge in [-0.3, -0.25) is 0 Å². The minimum atomic E-state index is -3.43. The molecule has 0 spiro atoms. The van der Waals surface area contributed by atoms with Crippen LogP contribution in [0.1, 0.15) is 30.2 Å². The SMILES string of the molecule is Cc1csc(CNC2CC2)c1S(=O)(=O)N1CCOCC1C. The third-order valence-corrected chi connectivity index (χ3v) is 7.47. The zero-order valence-corrected chi connectivity index (χ0v) is 14.1. The van der Waals surface area contributed by atoms with Crippen molar-refractivity contribution in [1.82, 2.24) is 9.62 Å². The number of sulfonamides is 1. The third-order valence-electron chi connectivity index (χ3n) is 3.99. The number of thiophene rings is 1. The van der Waals surface area contributed by atoms with Crippen LogP contribution in [0.15, 0.2) is 10.3 Å². The minimum absolute atomic E-state index is 0.104. The van der Waals surface area contributed by atoms with Crippen molar-refractivity contribution in [2.75, 3.05) is 19.8 Å². The van der Waals surface area contributed by atoms with Crippen LogP contribution in [0.2, 0.25) is 0 Å². The molecule has 1 saturated heterocycles. The van der Waals surface area contributed by atoms with Crippen LogP contribution in [-0.4, -0.2) is 44.6 Å². The molecule has 7 heteroatoms. The fourth-order valence-corrected chi connectivity index (χ4v) is 5.98. The van der Waals surface area contributed by atoms with E-state index in [0.29, 0.717) is 37.2 Å². The maximum atomic E-state index is 13.0. The summed E-state index contributed by atoms with van der Waals surface area (Å²) in [5.41, 5.74) is 0.853. The molecular formula is C14H22N2O3S2. The average Bonchev–Trinajstić information content (AvgIpc) is 3.19. The van der Waals surface area contributed by atoms with Gasteiger partial charge in [-0.2, -0.15) is 4.31 Å². The van der Waals surface area contributed by atoms with E-state index in [4.69, 9.17) is 4.74 Å². The lowest BCUT2D eigenvalue weighted by Crippen LogP contribution is -2.47. The van der Waals surface area contributed by atoms with Gasteiger partial charge in [-0.1, -0.05) is 0 Å². The standard InChI is InChI=1S/C14H22N2O3S2/c1-10-9-20-13(7-15-12-3-4-12)14(10)21(17,18)16-5-6-19-8-11(16)2/h9,11-12,15H,3-8H2,1-2H3. The highest BCUT2D eigenvalue weighted by atomic mass is 32.2. The van der Waals surface area contributed by atoms with Crippen molar-refractivity contribution in [2.45, 2.75) is 50.2 Å². The Labute approximate surface area is 130 Å². The molecule has 0 bridgehead atoms. The van der Waals surface area contributed by atoms with Crippen LogP contribution in [0, 0.1) is 6.92 Å². The Kier molecular flexibility index (Phi) is 4.38. The molecule has 1 aliphatic carbocycles. The number of hydrogen-bond acceptors (Lipinski definition) is 5. The first-order valence-corrected chi connectivity index (χ1v) is 9.72. The number of nitrogens with zero attached hydrogens (tertiary/aromatic N) is 1. The van der Waals surface area contributed by atoms with Crippen molar-refractivity contribution in [1.29, 1.82) is 0 Å². The Morgan fingerprint density at radius 3 is 2.90 bits per heavy atom. The van der Waals surface area contributed by atoms with Crippen molar-refractivity contribution >= 4 is 21.4 Å². The van der Waals surface area contributed by atoms with Crippen LogP contribution in [0.25, 0.3) is 0 Å². The van der Waals surface area contributed by atoms with Crippen molar-refractivity contribution in [3.05, 3.63) is 15.8 Å². The first-order valence-electron chi connectivity index (χ1n) is 7.40. The van der Waals surface area contributed by atoms with E-state index < -0.39 is 10.0 Å². The van der Waals surface area contributed by atoms with Gasteiger partial charge in [0, 0.05) is 30.1 Å². The van der Waals surface area contributed by atoms with E-state index >= 15 is 0 Å². The molecule has 1 aromatic rings. The van der Waals surface area contributed by atoms with Gasteiger partial charge in [-0.15, -0.1) is 11.3 Å². The fourth-order valence-electron chi connectivity index (χ4n) is 2.67. The second-order valence-electron chi connectivity index (χ2n) is 5.87. The highest BCUT2D eigenvalue weighted by molar-refractivity contribution is 7.89. The topological polar surface area (TPSA) is 58.6 Å². The number of morpholine rings is 1. The summed E-state index contributed by atoms with van der Waals surface area (Å²) in [6, 6.07) is 0.470. The highest BCUT2D eigenvalue weighted by Crippen LogP contribution is 2.32. The monoisotopic (exact) mass is 330 g/mol. The summed E-state index contributed by atoms with van der Waals surface area (Å²) in [5, 5.41) is 5.36. The first kappa shape index (κ1) is 15.4. The van der Waals surface area contributed by atoms with Gasteiger partial charge in [-0.25, -0.2) is 8.42 Å². The zero-order valence-electron chi connectivity index (χ0n) is 12.5. The summed E-state index contributed by atoms with van der Waals surface area (Å²) in [4.78, 5) is 1.44. The smallest absolute Gasteiger partial charge is 0.244 e. The Morgan fingerprint density at radius 1 is 1.48 bits per heavy atom. The molecule has 1 aliphatic heterocycles. The lowest BCUT2D eigenvalue weighted by Gasteiger charge is -2.32. The molecule has 2 fully saturated rings. The van der Waals surface area contributed by atoms with Gasteiger partial charge in [0.25, 0.3) is 0 Å². The molecule has 2 aliphatic rings. The summed E-state index contributed by atoms with van der Waals surface area (Å²) in [5.74, 6) is 0. The molecule has 3 rings (SSSR count). The van der Waals surface area contributed by atoms with Crippen LogP contribution < -0.4 is 5.32 Å². The Hall–Kier alpha value is -0.470. The van der Waals surface area contributed by atoms with E-state index in [0.717, 1.165) is 10.4 Å². The molecule has 21 heavy (non-hydrogen) atoms. The molecule has 1 atom stereocenters. The first-order chi connectivity index (χ1) is 10.00. The quantitative estimate of drug-likeness (QED) is 0.893. The van der Waals surface area contributed by atoms with Crippen LogP contribution in [0.4, 0.5) is 0 Å². The van der Waals surface area contributed by atoms with Gasteiger partial charge in [0.15, 0.2) is 0 Å². The maximum Gasteiger partial charge on any atom is 0.244 e. The van der Waals surface area contributed by atoms with Crippen LogP contribution in [0.5, 0.6) is 0 Å². The number of ether oxygens (including phenoxy) is 1. The average molecular weight is 330 g/mol. The Balaban J connectivity index is 1.88. The summed E-state index contributed by atoms with van der Waals surface area (Å²) < 4.78 is 33.0.